The Morgan fingerprint density at radius 3 is 1.75 bits per heavy atom. The highest BCUT2D eigenvalue weighted by Gasteiger charge is 2.45. The summed E-state index contributed by atoms with van der Waals surface area (Å²) in [7, 11) is 1.87. The summed E-state index contributed by atoms with van der Waals surface area (Å²) in [5.74, 6) is -11.7. The maximum Gasteiger partial charge on any atom is 0.326 e. The van der Waals surface area contributed by atoms with Gasteiger partial charge in [0.1, 0.15) is 60.6 Å². The Hall–Kier alpha value is -10.3. The number of carbonyl (C=O) groups excluding carboxylic acids is 10. The molecule has 114 heavy (non-hydrogen) atoms. The van der Waals surface area contributed by atoms with Crippen LogP contribution in [0.5, 0.6) is 0 Å². The lowest BCUT2D eigenvalue weighted by molar-refractivity contribution is -0.146. The third-order valence-electron chi connectivity index (χ3n) is 18.9. The van der Waals surface area contributed by atoms with Crippen LogP contribution in [0.1, 0.15) is 130 Å². The number of carboxylic acid groups (broad SMARTS) is 1. The van der Waals surface area contributed by atoms with Gasteiger partial charge in [-0.25, -0.2) is 4.79 Å². The third-order valence-corrected chi connectivity index (χ3v) is 23.3. The Balaban J connectivity index is 1.53. The van der Waals surface area contributed by atoms with Crippen molar-refractivity contribution in [1.29, 1.82) is 0 Å². The van der Waals surface area contributed by atoms with Crippen molar-refractivity contribution in [3.63, 3.8) is 0 Å². The zero-order valence-electron chi connectivity index (χ0n) is 65.3. The molecule has 40 heteroatoms. The van der Waals surface area contributed by atoms with Crippen LogP contribution in [-0.4, -0.2) is 231 Å². The number of carbonyl (C=O) groups is 11. The number of aliphatic carboxylic acids is 1. The zero-order chi connectivity index (χ0) is 84.1. The lowest BCUT2D eigenvalue weighted by Crippen LogP contribution is -2.65. The number of rotatable bonds is 29. The van der Waals surface area contributed by atoms with Gasteiger partial charge in [0, 0.05) is 54.8 Å². The number of aliphatic imine (C=N–C) groups is 4. The number of carboxylic acids is 1. The number of benzene rings is 3. The standard InChI is InChI=1S/C74H113N23O14S3/c1-39(98)55(65(107)91-49(24-17-32-86-72(81)82)61(103)96-57(68(110)111)73(3,4)5)94-66(108)56-74(6,7)114-113-38-52(87-40(2)99)63(105)90-47(22-15-30-84-70(77)78)59(101)88-46(21-14-29-83-69(75)76)58(100)89-48(23-16-31-85-71(79)80)60(102)92-50(35-41-27-28-42-18-8-9-19-43(42)34-41)62(104)93-51(36-44-37-112-54-26-11-10-20-45(44)54)67(109)97-33-13-12-25-53(97)64(106)95-56/h8-11,18-20,26-28,34,37,39,46-53,55-57,62,93,98,104H,12-17,21-25,29-33,35-36,38H2,1-7H3,(H,87,99)(H,88,101)(H,89,100)(H,90,105)(H,91,107)(H,92,102)(H,94,108)(H,95,106)(H,96,103)(H,110,111)(H4,75,76,83)(H4,77,78,84)(H4,79,80,85)(H4,81,82,86)/t39-,46+,47-,48+,49+,50+,51+,52+,53+,55+,56-,57-,62?/m1/s1. The van der Waals surface area contributed by atoms with Crippen molar-refractivity contribution in [1.82, 2.24) is 58.1 Å². The molecule has 2 saturated heterocycles. The number of hydrogen-bond acceptors (Lipinski definition) is 21. The first-order valence-corrected chi connectivity index (χ1v) is 40.8. The van der Waals surface area contributed by atoms with Gasteiger partial charge in [0.25, 0.3) is 0 Å². The number of hydrogen-bond donors (Lipinski definition) is 21. The van der Waals surface area contributed by atoms with Crippen LogP contribution in [0.3, 0.4) is 0 Å². The molecular weight excluding hydrogens is 1530 g/mol. The van der Waals surface area contributed by atoms with Gasteiger partial charge in [0.05, 0.1) is 18.2 Å². The molecule has 37 nitrogen and oxygen atoms in total. The van der Waals surface area contributed by atoms with Gasteiger partial charge in [-0.1, -0.05) is 103 Å². The van der Waals surface area contributed by atoms with Gasteiger partial charge in [-0.15, -0.1) is 11.3 Å². The molecule has 10 amide bonds. The van der Waals surface area contributed by atoms with E-state index in [4.69, 9.17) is 45.9 Å². The minimum Gasteiger partial charge on any atom is -0.480 e. The fourth-order valence-electron chi connectivity index (χ4n) is 13.0. The first-order chi connectivity index (χ1) is 53.8. The maximum atomic E-state index is 16.1. The van der Waals surface area contributed by atoms with E-state index in [-0.39, 0.29) is 133 Å². The predicted molar refractivity (Wildman–Crippen MR) is 441 cm³/mol. The van der Waals surface area contributed by atoms with Crippen LogP contribution < -0.4 is 99.0 Å². The van der Waals surface area contributed by atoms with E-state index in [1.807, 2.05) is 72.1 Å². The third kappa shape index (κ3) is 29.3. The van der Waals surface area contributed by atoms with Crippen molar-refractivity contribution >= 4 is 143 Å². The molecule has 0 spiro atoms. The quantitative estimate of drug-likeness (QED) is 0.0118. The van der Waals surface area contributed by atoms with E-state index in [9.17, 15) is 44.1 Å². The number of aliphatic hydroxyl groups excluding tert-OH is 2. The van der Waals surface area contributed by atoms with Gasteiger partial charge in [0.15, 0.2) is 23.8 Å². The largest absolute Gasteiger partial charge is 0.480 e. The number of fused-ring (bicyclic) bond motifs is 3. The second-order valence-corrected chi connectivity index (χ2v) is 33.7. The molecule has 2 aliphatic rings. The molecule has 0 saturated carbocycles. The van der Waals surface area contributed by atoms with E-state index < -0.39 is 154 Å². The molecule has 13 atom stereocenters. The van der Waals surface area contributed by atoms with Crippen LogP contribution in [0.4, 0.5) is 0 Å². The summed E-state index contributed by atoms with van der Waals surface area (Å²) in [6.07, 6.45) is -3.31. The maximum absolute atomic E-state index is 16.1. The predicted octanol–water partition coefficient (Wildman–Crippen LogP) is -2.22. The molecule has 2 aliphatic heterocycles. The molecule has 2 fully saturated rings. The van der Waals surface area contributed by atoms with E-state index in [1.165, 1.54) is 23.2 Å². The molecule has 3 heterocycles. The van der Waals surface area contributed by atoms with Crippen molar-refractivity contribution in [2.24, 2.45) is 71.3 Å². The average Bonchev–Trinajstić information content (AvgIpc) is 1.06. The summed E-state index contributed by atoms with van der Waals surface area (Å²) in [6, 6.07) is 3.88. The van der Waals surface area contributed by atoms with Crippen LogP contribution >= 0.6 is 32.9 Å². The minimum absolute atomic E-state index is 0.0140. The van der Waals surface area contributed by atoms with E-state index in [0.29, 0.717) is 24.0 Å². The van der Waals surface area contributed by atoms with E-state index >= 15 is 24.0 Å². The van der Waals surface area contributed by atoms with Crippen molar-refractivity contribution in [3.05, 3.63) is 83.2 Å². The summed E-state index contributed by atoms with van der Waals surface area (Å²) in [6.45, 7) is 10.0. The number of amides is 10. The fraction of sp³-hybridized carbons (Fsp3) is 0.554. The lowest BCUT2D eigenvalue weighted by Gasteiger charge is -2.40. The van der Waals surface area contributed by atoms with Crippen LogP contribution in [0.2, 0.25) is 0 Å². The number of nitrogens with zero attached hydrogens (tertiary/aromatic N) is 5. The lowest BCUT2D eigenvalue weighted by atomic mass is 9.86. The molecular formula is C74H113N23O14S3. The second kappa shape index (κ2) is 44.4. The van der Waals surface area contributed by atoms with Crippen LogP contribution in [0, 0.1) is 5.41 Å². The van der Waals surface area contributed by atoms with Crippen LogP contribution in [0.15, 0.2) is 92.1 Å². The number of nitrogens with two attached hydrogens (primary N) is 8. The molecule has 0 bridgehead atoms. The van der Waals surface area contributed by atoms with Crippen molar-refractivity contribution < 1.29 is 68.1 Å². The molecule has 626 valence electrons. The van der Waals surface area contributed by atoms with Crippen LogP contribution in [-0.2, 0) is 65.6 Å². The zero-order valence-corrected chi connectivity index (χ0v) is 67.7. The average molecular weight is 1650 g/mol. The summed E-state index contributed by atoms with van der Waals surface area (Å²) in [5, 5.41) is 66.5. The molecule has 3 aromatic carbocycles. The molecule has 0 radical (unpaired) electrons. The highest BCUT2D eigenvalue weighted by Crippen LogP contribution is 2.39. The summed E-state index contributed by atoms with van der Waals surface area (Å²) >= 11 is 1.41. The summed E-state index contributed by atoms with van der Waals surface area (Å²) < 4.78 is -0.699. The van der Waals surface area contributed by atoms with Crippen molar-refractivity contribution in [2.45, 2.75) is 215 Å². The number of thiophene rings is 1. The van der Waals surface area contributed by atoms with Gasteiger partial charge < -0.3 is 114 Å². The number of nitrogens with one attached hydrogen (secondary N) is 10. The topological polar surface area (TPSA) is 630 Å². The first kappa shape index (κ1) is 92.6. The Kier molecular flexibility index (Phi) is 36.1. The normalized spacial score (nSPS) is 22.2. The highest BCUT2D eigenvalue weighted by atomic mass is 33.1. The van der Waals surface area contributed by atoms with Gasteiger partial charge in [-0.3, -0.25) is 73.2 Å². The summed E-state index contributed by atoms with van der Waals surface area (Å²) in [4.78, 5) is 179. The van der Waals surface area contributed by atoms with Crippen molar-refractivity contribution in [2.75, 3.05) is 38.5 Å². The Bertz CT molecular complexity index is 4120. The van der Waals surface area contributed by atoms with Gasteiger partial charge >= 0.3 is 5.97 Å². The minimum atomic E-state index is -1.91. The van der Waals surface area contributed by atoms with E-state index in [0.717, 1.165) is 49.4 Å². The Morgan fingerprint density at radius 2 is 1.19 bits per heavy atom. The molecule has 1 unspecified atom stereocenters. The monoisotopic (exact) mass is 1640 g/mol. The second-order valence-electron chi connectivity index (χ2n) is 29.7. The molecule has 0 aliphatic carbocycles. The fourth-order valence-corrected chi connectivity index (χ4v) is 16.8. The number of aliphatic hydroxyl groups is 2. The Morgan fingerprint density at radius 1 is 0.649 bits per heavy atom. The molecule has 1 aromatic heterocycles. The first-order valence-electron chi connectivity index (χ1n) is 37.6. The van der Waals surface area contributed by atoms with E-state index in [1.54, 1.807) is 34.6 Å². The number of guanidine groups is 4. The van der Waals surface area contributed by atoms with E-state index in [2.05, 4.69) is 73.1 Å². The Labute approximate surface area is 673 Å². The smallest absolute Gasteiger partial charge is 0.326 e. The molecule has 29 N–H and O–H groups in total. The number of piperidine rings is 1. The summed E-state index contributed by atoms with van der Waals surface area (Å²) in [5.41, 5.74) is 45.5. The molecule has 6 rings (SSSR count). The van der Waals surface area contributed by atoms with Gasteiger partial charge in [0.2, 0.25) is 59.1 Å². The van der Waals surface area contributed by atoms with Crippen molar-refractivity contribution in [3.8, 4) is 0 Å². The van der Waals surface area contributed by atoms with Gasteiger partial charge in [-0.05, 0) is 148 Å². The SMILES string of the molecule is CC(=O)N[C@H]1CSSC(C)(C)[C@@H](C(=O)N[C@H](C(=O)N[C@@H](CCCN=C(N)N)C(=O)N[C@H](C(=O)O)C(C)(C)C)[C@@H](C)O)NC(=O)[C@@H]2CCCCN2C(=O)[C@H](Cc2csc3ccccc23)NC(O)[C@H](Cc2ccc3ccccc3c2)NC(=O)[C@H](CCCN=C(N)N)NC(=O)[C@H](CCCN=C(N)N)NC(=O)[C@@H](CCCN=C(N)N)NC1=O. The van der Waals surface area contributed by atoms with Crippen LogP contribution in [0.25, 0.3) is 20.9 Å². The highest BCUT2D eigenvalue weighted by molar-refractivity contribution is 8.77. The van der Waals surface area contributed by atoms with Gasteiger partial charge in [-0.2, -0.15) is 0 Å². The molecule has 4 aromatic rings.